The summed E-state index contributed by atoms with van der Waals surface area (Å²) in [6, 6.07) is 7.68. The van der Waals surface area contributed by atoms with Gasteiger partial charge in [0.15, 0.2) is 0 Å². The highest BCUT2D eigenvalue weighted by Gasteiger charge is 2.17. The van der Waals surface area contributed by atoms with Crippen LogP contribution in [-0.4, -0.2) is 0 Å². The predicted molar refractivity (Wildman–Crippen MR) is 74.7 cm³/mol. The maximum absolute atomic E-state index is 13.4. The summed E-state index contributed by atoms with van der Waals surface area (Å²) < 4.78 is 27.3. The number of hydrogen-bond donors (Lipinski definition) is 2. The van der Waals surface area contributed by atoms with Crippen LogP contribution in [0.3, 0.4) is 0 Å². The molecule has 0 fully saturated rings. The number of nitrogens with one attached hydrogen (secondary N) is 1. The van der Waals surface area contributed by atoms with Gasteiger partial charge in [-0.05, 0) is 47.5 Å². The Morgan fingerprint density at radius 2 is 1.84 bits per heavy atom. The van der Waals surface area contributed by atoms with Crippen molar-refractivity contribution in [3.05, 3.63) is 68.7 Å². The summed E-state index contributed by atoms with van der Waals surface area (Å²) in [7, 11) is 0. The van der Waals surface area contributed by atoms with Crippen LogP contribution in [0.4, 0.5) is 8.78 Å². The lowest BCUT2D eigenvalue weighted by Crippen LogP contribution is -2.29. The first-order valence-electron chi connectivity index (χ1n) is 5.38. The summed E-state index contributed by atoms with van der Waals surface area (Å²) in [6.07, 6.45) is 0. The van der Waals surface area contributed by atoms with Gasteiger partial charge < -0.3 is 0 Å². The van der Waals surface area contributed by atoms with E-state index in [9.17, 15) is 8.78 Å². The molecular weight excluding hydrogens is 338 g/mol. The van der Waals surface area contributed by atoms with Crippen LogP contribution in [-0.2, 0) is 0 Å². The monoisotopic (exact) mass is 346 g/mol. The average Bonchev–Trinajstić information content (AvgIpc) is 2.33. The predicted octanol–water partition coefficient (Wildman–Crippen LogP) is 3.93. The SMILES string of the molecule is NNC(c1cc(F)cc(Br)c1)c1cc(F)ccc1Cl. The highest BCUT2D eigenvalue weighted by Crippen LogP contribution is 2.30. The molecule has 2 aromatic rings. The molecule has 0 radical (unpaired) electrons. The molecule has 0 aliphatic rings. The number of rotatable bonds is 3. The van der Waals surface area contributed by atoms with Gasteiger partial charge in [0.2, 0.25) is 0 Å². The van der Waals surface area contributed by atoms with Gasteiger partial charge in [0.05, 0.1) is 6.04 Å². The number of hydrazine groups is 1. The van der Waals surface area contributed by atoms with Crippen LogP contribution < -0.4 is 11.3 Å². The first-order valence-corrected chi connectivity index (χ1v) is 6.55. The molecule has 19 heavy (non-hydrogen) atoms. The number of benzene rings is 2. The van der Waals surface area contributed by atoms with Crippen LogP contribution in [0, 0.1) is 11.6 Å². The summed E-state index contributed by atoms with van der Waals surface area (Å²) >= 11 is 9.23. The molecule has 0 bridgehead atoms. The summed E-state index contributed by atoms with van der Waals surface area (Å²) in [5.41, 5.74) is 3.51. The molecule has 2 rings (SSSR count). The van der Waals surface area contributed by atoms with Crippen molar-refractivity contribution in [2.45, 2.75) is 6.04 Å². The molecule has 1 atom stereocenters. The molecule has 100 valence electrons. The normalized spacial score (nSPS) is 12.5. The second-order valence-corrected chi connectivity index (χ2v) is 5.29. The van der Waals surface area contributed by atoms with Gasteiger partial charge in [-0.2, -0.15) is 0 Å². The zero-order chi connectivity index (χ0) is 14.0. The maximum Gasteiger partial charge on any atom is 0.124 e. The van der Waals surface area contributed by atoms with Crippen molar-refractivity contribution in [1.29, 1.82) is 0 Å². The fourth-order valence-corrected chi connectivity index (χ4v) is 2.55. The Balaban J connectivity index is 2.52. The standard InChI is InChI=1S/C13H10BrClF2N2/c14-8-3-7(4-10(17)5-8)13(19-18)11-6-9(16)1-2-12(11)15/h1-6,13,19H,18H2. The molecule has 2 aromatic carbocycles. The lowest BCUT2D eigenvalue weighted by atomic mass is 9.99. The van der Waals surface area contributed by atoms with Gasteiger partial charge in [0, 0.05) is 9.50 Å². The molecule has 0 spiro atoms. The zero-order valence-corrected chi connectivity index (χ0v) is 12.0. The molecule has 0 aromatic heterocycles. The molecule has 2 nitrogen and oxygen atoms in total. The Morgan fingerprint density at radius 1 is 1.11 bits per heavy atom. The molecule has 0 aliphatic heterocycles. The van der Waals surface area contributed by atoms with Crippen LogP contribution in [0.2, 0.25) is 5.02 Å². The second kappa shape index (κ2) is 5.96. The van der Waals surface area contributed by atoms with Gasteiger partial charge in [-0.3, -0.25) is 5.84 Å². The number of hydrogen-bond acceptors (Lipinski definition) is 2. The second-order valence-electron chi connectivity index (χ2n) is 3.97. The third kappa shape index (κ3) is 3.30. The van der Waals surface area contributed by atoms with Crippen molar-refractivity contribution in [3.8, 4) is 0 Å². The lowest BCUT2D eigenvalue weighted by molar-refractivity contribution is 0.594. The largest absolute Gasteiger partial charge is 0.271 e. The molecule has 0 saturated heterocycles. The van der Waals surface area contributed by atoms with Crippen molar-refractivity contribution in [2.24, 2.45) is 5.84 Å². The first kappa shape index (κ1) is 14.4. The summed E-state index contributed by atoms with van der Waals surface area (Å²) in [5.74, 6) is 4.63. The molecule has 0 heterocycles. The van der Waals surface area contributed by atoms with Gasteiger partial charge in [-0.25, -0.2) is 14.2 Å². The van der Waals surface area contributed by atoms with Gasteiger partial charge in [-0.15, -0.1) is 0 Å². The van der Waals surface area contributed by atoms with Crippen molar-refractivity contribution >= 4 is 27.5 Å². The first-order chi connectivity index (χ1) is 9.01. The Labute approximate surface area is 122 Å². The van der Waals surface area contributed by atoms with Crippen molar-refractivity contribution in [2.75, 3.05) is 0 Å². The zero-order valence-electron chi connectivity index (χ0n) is 9.63. The van der Waals surface area contributed by atoms with E-state index in [2.05, 4.69) is 21.4 Å². The number of halogens is 4. The Bertz CT molecular complexity index is 587. The fourth-order valence-electron chi connectivity index (χ4n) is 1.84. The summed E-state index contributed by atoms with van der Waals surface area (Å²) in [6.45, 7) is 0. The Kier molecular flexibility index (Phi) is 4.52. The van der Waals surface area contributed by atoms with E-state index in [1.807, 2.05) is 0 Å². The van der Waals surface area contributed by atoms with Gasteiger partial charge in [0.25, 0.3) is 0 Å². The van der Waals surface area contributed by atoms with E-state index in [-0.39, 0.29) is 0 Å². The minimum atomic E-state index is -0.602. The molecule has 3 N–H and O–H groups in total. The topological polar surface area (TPSA) is 38.0 Å². The molecule has 0 aliphatic carbocycles. The van der Waals surface area contributed by atoms with E-state index < -0.39 is 17.7 Å². The lowest BCUT2D eigenvalue weighted by Gasteiger charge is -2.18. The van der Waals surface area contributed by atoms with Crippen molar-refractivity contribution < 1.29 is 8.78 Å². The van der Waals surface area contributed by atoms with E-state index in [0.717, 1.165) is 0 Å². The van der Waals surface area contributed by atoms with E-state index in [4.69, 9.17) is 17.4 Å². The molecule has 1 unspecified atom stereocenters. The molecule has 6 heteroatoms. The van der Waals surface area contributed by atoms with Gasteiger partial charge in [-0.1, -0.05) is 27.5 Å². The number of nitrogens with two attached hydrogens (primary N) is 1. The van der Waals surface area contributed by atoms with Crippen molar-refractivity contribution in [3.63, 3.8) is 0 Å². The van der Waals surface area contributed by atoms with E-state index in [1.165, 1.54) is 30.3 Å². The van der Waals surface area contributed by atoms with Crippen molar-refractivity contribution in [1.82, 2.24) is 5.43 Å². The average molecular weight is 348 g/mol. The van der Waals surface area contributed by atoms with Gasteiger partial charge >= 0.3 is 0 Å². The minimum absolute atomic E-state index is 0.352. The molecule has 0 amide bonds. The molecular formula is C13H10BrClF2N2. The maximum atomic E-state index is 13.4. The van der Waals surface area contributed by atoms with Gasteiger partial charge in [0.1, 0.15) is 11.6 Å². The smallest absolute Gasteiger partial charge is 0.124 e. The third-order valence-electron chi connectivity index (χ3n) is 2.65. The summed E-state index contributed by atoms with van der Waals surface area (Å²) in [5, 5.41) is 0.352. The van der Waals surface area contributed by atoms with E-state index in [0.29, 0.717) is 20.6 Å². The molecule has 0 saturated carbocycles. The van der Waals surface area contributed by atoms with Crippen LogP contribution >= 0.6 is 27.5 Å². The fraction of sp³-hybridized carbons (Fsp3) is 0.0769. The van der Waals surface area contributed by atoms with Crippen LogP contribution in [0.15, 0.2) is 40.9 Å². The highest BCUT2D eigenvalue weighted by atomic mass is 79.9. The van der Waals surface area contributed by atoms with Crippen LogP contribution in [0.5, 0.6) is 0 Å². The summed E-state index contributed by atoms with van der Waals surface area (Å²) in [4.78, 5) is 0. The quantitative estimate of drug-likeness (QED) is 0.652. The Morgan fingerprint density at radius 3 is 2.47 bits per heavy atom. The minimum Gasteiger partial charge on any atom is -0.271 e. The van der Waals surface area contributed by atoms with E-state index in [1.54, 1.807) is 6.07 Å². The van der Waals surface area contributed by atoms with Crippen LogP contribution in [0.25, 0.3) is 0 Å². The van der Waals surface area contributed by atoms with E-state index >= 15 is 0 Å². The highest BCUT2D eigenvalue weighted by molar-refractivity contribution is 9.10. The van der Waals surface area contributed by atoms with Crippen LogP contribution in [0.1, 0.15) is 17.2 Å². The Hall–Kier alpha value is -1.01. The third-order valence-corrected chi connectivity index (χ3v) is 3.46.